The topological polar surface area (TPSA) is 98.1 Å². The maximum Gasteiger partial charge on any atom is 0.341 e. The van der Waals surface area contributed by atoms with E-state index >= 15 is 0 Å². The molecule has 2 aromatic carbocycles. The van der Waals surface area contributed by atoms with Gasteiger partial charge in [-0.25, -0.2) is 4.79 Å². The van der Waals surface area contributed by atoms with Crippen LogP contribution in [0.25, 0.3) is 0 Å². The van der Waals surface area contributed by atoms with Crippen LogP contribution in [0.1, 0.15) is 58.6 Å². The van der Waals surface area contributed by atoms with Gasteiger partial charge in [0.05, 0.1) is 31.5 Å². The number of aryl methyl sites for hydroxylation is 2. The van der Waals surface area contributed by atoms with Crippen molar-refractivity contribution in [3.8, 4) is 5.75 Å². The molecule has 2 heterocycles. The second kappa shape index (κ2) is 11.1. The van der Waals surface area contributed by atoms with Gasteiger partial charge in [0.1, 0.15) is 17.9 Å². The van der Waals surface area contributed by atoms with Crippen LogP contribution in [0.2, 0.25) is 0 Å². The standard InChI is InChI=1S/C28H30N2O6/c1-18-9-11-20(12-10-18)23(29-19(2)31)16-26(32)30-14-5-7-21-6-4-8-24(27(21)30)36-17-25-22(13-15-35-25)28(33)34-3/h4,6,8-13,15,23H,5,7,14,16-17H2,1-3H3,(H,29,31)/t23-/m0/s1. The molecule has 8 heteroatoms. The second-order valence-electron chi connectivity index (χ2n) is 8.82. The summed E-state index contributed by atoms with van der Waals surface area (Å²) in [4.78, 5) is 39.2. The number of fused-ring (bicyclic) bond motifs is 1. The molecule has 0 saturated heterocycles. The van der Waals surface area contributed by atoms with Gasteiger partial charge in [-0.1, -0.05) is 42.0 Å². The normalized spacial score (nSPS) is 13.5. The number of esters is 1. The highest BCUT2D eigenvalue weighted by Crippen LogP contribution is 2.38. The summed E-state index contributed by atoms with van der Waals surface area (Å²) < 4.78 is 16.3. The van der Waals surface area contributed by atoms with Crippen LogP contribution < -0.4 is 15.0 Å². The Kier molecular flexibility index (Phi) is 7.73. The molecule has 1 aliphatic heterocycles. The number of hydrogen-bond donors (Lipinski definition) is 1. The maximum atomic E-state index is 13.6. The predicted octanol–water partition coefficient (Wildman–Crippen LogP) is 4.50. The summed E-state index contributed by atoms with van der Waals surface area (Å²) in [5.74, 6) is 0.0580. The third-order valence-electron chi connectivity index (χ3n) is 6.23. The predicted molar refractivity (Wildman–Crippen MR) is 134 cm³/mol. The average Bonchev–Trinajstić information content (AvgIpc) is 3.35. The fourth-order valence-corrected chi connectivity index (χ4v) is 4.45. The van der Waals surface area contributed by atoms with Gasteiger partial charge in [-0.3, -0.25) is 9.59 Å². The van der Waals surface area contributed by atoms with Crippen LogP contribution in [0, 0.1) is 6.92 Å². The lowest BCUT2D eigenvalue weighted by atomic mass is 9.98. The highest BCUT2D eigenvalue weighted by atomic mass is 16.5. The zero-order valence-electron chi connectivity index (χ0n) is 20.7. The van der Waals surface area contributed by atoms with E-state index in [2.05, 4.69) is 5.32 Å². The number of nitrogens with zero attached hydrogens (tertiary/aromatic N) is 1. The number of rotatable bonds is 8. The molecule has 0 unspecified atom stereocenters. The first-order valence-corrected chi connectivity index (χ1v) is 11.9. The summed E-state index contributed by atoms with van der Waals surface area (Å²) >= 11 is 0. The van der Waals surface area contributed by atoms with Gasteiger partial charge >= 0.3 is 5.97 Å². The zero-order valence-corrected chi connectivity index (χ0v) is 20.7. The number of methoxy groups -OCH3 is 1. The van der Waals surface area contributed by atoms with E-state index in [1.54, 1.807) is 11.0 Å². The molecule has 0 bridgehead atoms. The van der Waals surface area contributed by atoms with Crippen molar-refractivity contribution in [1.29, 1.82) is 0 Å². The number of nitrogens with one attached hydrogen (secondary N) is 1. The Bertz CT molecular complexity index is 1250. The van der Waals surface area contributed by atoms with Crippen LogP contribution in [0.5, 0.6) is 5.75 Å². The van der Waals surface area contributed by atoms with Gasteiger partial charge in [-0.05, 0) is 43.0 Å². The summed E-state index contributed by atoms with van der Waals surface area (Å²) in [5.41, 5.74) is 3.99. The van der Waals surface area contributed by atoms with Crippen molar-refractivity contribution in [3.63, 3.8) is 0 Å². The minimum atomic E-state index is -0.505. The molecule has 0 radical (unpaired) electrons. The van der Waals surface area contributed by atoms with E-state index in [4.69, 9.17) is 13.9 Å². The van der Waals surface area contributed by atoms with Crippen molar-refractivity contribution in [2.45, 2.75) is 45.8 Å². The highest BCUT2D eigenvalue weighted by Gasteiger charge is 2.29. The van der Waals surface area contributed by atoms with Gasteiger partial charge in [0.2, 0.25) is 11.8 Å². The van der Waals surface area contributed by atoms with E-state index in [-0.39, 0.29) is 24.8 Å². The third-order valence-corrected chi connectivity index (χ3v) is 6.23. The molecule has 2 amide bonds. The largest absolute Gasteiger partial charge is 0.483 e. The van der Waals surface area contributed by atoms with Gasteiger partial charge in [-0.15, -0.1) is 0 Å². The molecule has 1 N–H and O–H groups in total. The van der Waals surface area contributed by atoms with Crippen molar-refractivity contribution in [2.75, 3.05) is 18.6 Å². The Morgan fingerprint density at radius 1 is 1.11 bits per heavy atom. The van der Waals surface area contributed by atoms with Crippen molar-refractivity contribution in [1.82, 2.24) is 5.32 Å². The number of anilines is 1. The van der Waals surface area contributed by atoms with E-state index in [1.165, 1.54) is 26.4 Å². The first kappa shape index (κ1) is 25.0. The molecular formula is C28H30N2O6. The van der Waals surface area contributed by atoms with Crippen LogP contribution >= 0.6 is 0 Å². The van der Waals surface area contributed by atoms with Crippen LogP contribution in [-0.2, 0) is 27.4 Å². The smallest absolute Gasteiger partial charge is 0.341 e. The molecule has 1 atom stereocenters. The van der Waals surface area contributed by atoms with Gasteiger partial charge < -0.3 is 24.1 Å². The molecule has 0 saturated carbocycles. The number of benzene rings is 2. The van der Waals surface area contributed by atoms with E-state index in [1.807, 2.05) is 43.3 Å². The van der Waals surface area contributed by atoms with E-state index in [9.17, 15) is 14.4 Å². The maximum absolute atomic E-state index is 13.6. The number of carbonyl (C=O) groups excluding carboxylic acids is 3. The number of para-hydroxylation sites is 1. The van der Waals surface area contributed by atoms with Gasteiger partial charge in [-0.2, -0.15) is 0 Å². The minimum absolute atomic E-state index is 0.00774. The molecule has 4 rings (SSSR count). The van der Waals surface area contributed by atoms with Crippen molar-refractivity contribution >= 4 is 23.5 Å². The van der Waals surface area contributed by atoms with Gasteiger partial charge in [0.15, 0.2) is 5.76 Å². The molecule has 1 aromatic heterocycles. The molecule has 36 heavy (non-hydrogen) atoms. The lowest BCUT2D eigenvalue weighted by Crippen LogP contribution is -2.39. The van der Waals surface area contributed by atoms with Crippen LogP contribution in [0.15, 0.2) is 59.2 Å². The summed E-state index contributed by atoms with van der Waals surface area (Å²) in [6, 6.07) is 14.6. The van der Waals surface area contributed by atoms with Gasteiger partial charge in [0.25, 0.3) is 0 Å². The molecule has 0 fully saturated rings. The van der Waals surface area contributed by atoms with Crippen molar-refractivity contribution in [2.24, 2.45) is 0 Å². The van der Waals surface area contributed by atoms with Crippen molar-refractivity contribution in [3.05, 3.63) is 82.8 Å². The molecule has 1 aliphatic rings. The molecular weight excluding hydrogens is 460 g/mol. The van der Waals surface area contributed by atoms with E-state index in [0.29, 0.717) is 29.3 Å². The fraction of sp³-hybridized carbons (Fsp3) is 0.321. The van der Waals surface area contributed by atoms with Crippen LogP contribution in [-0.4, -0.2) is 31.4 Å². The Morgan fingerprint density at radius 2 is 1.89 bits per heavy atom. The Hall–Kier alpha value is -4.07. The van der Waals surface area contributed by atoms with Crippen molar-refractivity contribution < 1.29 is 28.3 Å². The first-order valence-electron chi connectivity index (χ1n) is 11.9. The monoisotopic (exact) mass is 490 g/mol. The summed E-state index contributed by atoms with van der Waals surface area (Å²) in [6.45, 7) is 3.99. The summed E-state index contributed by atoms with van der Waals surface area (Å²) in [6.07, 6.45) is 3.16. The summed E-state index contributed by atoms with van der Waals surface area (Å²) in [7, 11) is 1.31. The number of amides is 2. The lowest BCUT2D eigenvalue weighted by molar-refractivity contribution is -0.121. The Balaban J connectivity index is 1.57. The Morgan fingerprint density at radius 3 is 2.61 bits per heavy atom. The van der Waals surface area contributed by atoms with Gasteiger partial charge in [0, 0.05) is 13.5 Å². The first-order chi connectivity index (χ1) is 17.4. The Labute approximate surface area is 210 Å². The van der Waals surface area contributed by atoms with Crippen LogP contribution in [0.3, 0.4) is 0 Å². The third kappa shape index (κ3) is 5.59. The number of furan rings is 1. The SMILES string of the molecule is COC(=O)c1ccoc1COc1cccc2c1N(C(=O)C[C@H](NC(C)=O)c1ccc(C)cc1)CCC2. The molecule has 188 valence electrons. The second-order valence-corrected chi connectivity index (χ2v) is 8.82. The zero-order chi connectivity index (χ0) is 25.7. The van der Waals surface area contributed by atoms with E-state index in [0.717, 1.165) is 29.5 Å². The number of carbonyl (C=O) groups is 3. The summed E-state index contributed by atoms with van der Waals surface area (Å²) in [5, 5.41) is 2.92. The quantitative estimate of drug-likeness (QED) is 0.467. The number of ether oxygens (including phenoxy) is 2. The molecule has 0 aliphatic carbocycles. The minimum Gasteiger partial charge on any atom is -0.483 e. The molecule has 0 spiro atoms. The fourth-order valence-electron chi connectivity index (χ4n) is 4.45. The van der Waals surface area contributed by atoms with E-state index < -0.39 is 12.0 Å². The highest BCUT2D eigenvalue weighted by molar-refractivity contribution is 5.97. The molecule has 3 aromatic rings. The number of hydrogen-bond acceptors (Lipinski definition) is 6. The average molecular weight is 491 g/mol. The molecule has 8 nitrogen and oxygen atoms in total. The van der Waals surface area contributed by atoms with Crippen LogP contribution in [0.4, 0.5) is 5.69 Å². The lowest BCUT2D eigenvalue weighted by Gasteiger charge is -2.32.